The minimum Gasteiger partial charge on any atom is -0.216 e. The van der Waals surface area contributed by atoms with Gasteiger partial charge in [-0.15, -0.1) is 0 Å². The molecule has 110 valence electrons. The van der Waals surface area contributed by atoms with E-state index in [1.54, 1.807) is 12.1 Å². The molecule has 1 aromatic carbocycles. The zero-order valence-corrected chi connectivity index (χ0v) is 11.6. The highest BCUT2D eigenvalue weighted by Gasteiger charge is 2.22. The zero-order valence-electron chi connectivity index (χ0n) is 11.6. The van der Waals surface area contributed by atoms with Crippen molar-refractivity contribution in [3.8, 4) is 0 Å². The van der Waals surface area contributed by atoms with Crippen LogP contribution in [-0.2, 0) is 0 Å². The molecule has 3 heteroatoms. The van der Waals surface area contributed by atoms with Gasteiger partial charge in [0.05, 0.1) is 6.33 Å². The fourth-order valence-corrected chi connectivity index (χ4v) is 3.14. The summed E-state index contributed by atoms with van der Waals surface area (Å²) in [5, 5.41) is 0. The molecule has 0 amide bonds. The Bertz CT molecular complexity index is 446. The molecule has 0 radical (unpaired) electrons. The standard InChI is InChI=1S/C17H21F3/c18-11-3-1-2-4-13-5-7-14(8-6-13)15-9-10-16(19)17(20)12-15/h3,9-14H,1-2,4-8H2/t13-,14-. The third-order valence-electron chi connectivity index (χ3n) is 4.33. The average Bonchev–Trinajstić information content (AvgIpc) is 2.47. The van der Waals surface area contributed by atoms with Gasteiger partial charge in [0.25, 0.3) is 0 Å². The second-order valence-electron chi connectivity index (χ2n) is 5.68. The molecule has 0 bridgehead atoms. The van der Waals surface area contributed by atoms with Crippen molar-refractivity contribution in [2.75, 3.05) is 0 Å². The van der Waals surface area contributed by atoms with Gasteiger partial charge in [0.15, 0.2) is 11.6 Å². The lowest BCUT2D eigenvalue weighted by molar-refractivity contribution is 0.305. The Morgan fingerprint density at radius 1 is 1.05 bits per heavy atom. The Labute approximate surface area is 118 Å². The molecular formula is C17H21F3. The SMILES string of the molecule is FC=CCCC[C@H]1CC[C@H](c2ccc(F)c(F)c2)CC1. The van der Waals surface area contributed by atoms with Crippen molar-refractivity contribution in [3.05, 3.63) is 47.8 Å². The molecule has 20 heavy (non-hydrogen) atoms. The Balaban J connectivity index is 1.80. The number of rotatable bonds is 5. The van der Waals surface area contributed by atoms with Crippen molar-refractivity contribution in [1.29, 1.82) is 0 Å². The topological polar surface area (TPSA) is 0 Å². The lowest BCUT2D eigenvalue weighted by Crippen LogP contribution is -2.13. The maximum Gasteiger partial charge on any atom is 0.159 e. The summed E-state index contributed by atoms with van der Waals surface area (Å²) < 4.78 is 38.0. The van der Waals surface area contributed by atoms with Gasteiger partial charge in [-0.2, -0.15) is 0 Å². The van der Waals surface area contributed by atoms with Crippen molar-refractivity contribution in [2.45, 2.75) is 50.9 Å². The van der Waals surface area contributed by atoms with Crippen LogP contribution in [0.25, 0.3) is 0 Å². The van der Waals surface area contributed by atoms with Gasteiger partial charge in [0, 0.05) is 0 Å². The summed E-state index contributed by atoms with van der Waals surface area (Å²) in [5.41, 5.74) is 0.919. The summed E-state index contributed by atoms with van der Waals surface area (Å²) in [7, 11) is 0. The highest BCUT2D eigenvalue weighted by molar-refractivity contribution is 5.22. The quantitative estimate of drug-likeness (QED) is 0.590. The molecule has 2 rings (SSSR count). The first-order valence-corrected chi connectivity index (χ1v) is 7.41. The van der Waals surface area contributed by atoms with Crippen LogP contribution in [0, 0.1) is 17.6 Å². The summed E-state index contributed by atoms with van der Waals surface area (Å²) >= 11 is 0. The molecule has 1 aliphatic rings. The smallest absolute Gasteiger partial charge is 0.159 e. The Morgan fingerprint density at radius 3 is 2.45 bits per heavy atom. The van der Waals surface area contributed by atoms with Crippen LogP contribution in [0.3, 0.4) is 0 Å². The first-order valence-electron chi connectivity index (χ1n) is 7.41. The van der Waals surface area contributed by atoms with Crippen LogP contribution < -0.4 is 0 Å². The maximum absolute atomic E-state index is 13.2. The third kappa shape index (κ3) is 4.12. The van der Waals surface area contributed by atoms with Crippen molar-refractivity contribution in [3.63, 3.8) is 0 Å². The van der Waals surface area contributed by atoms with E-state index in [2.05, 4.69) is 0 Å². The largest absolute Gasteiger partial charge is 0.216 e. The van der Waals surface area contributed by atoms with E-state index in [1.165, 1.54) is 12.1 Å². The van der Waals surface area contributed by atoms with Crippen molar-refractivity contribution >= 4 is 0 Å². The van der Waals surface area contributed by atoms with E-state index in [1.807, 2.05) is 0 Å². The summed E-state index contributed by atoms with van der Waals surface area (Å²) in [6.45, 7) is 0. The van der Waals surface area contributed by atoms with Crippen molar-refractivity contribution < 1.29 is 13.2 Å². The second-order valence-corrected chi connectivity index (χ2v) is 5.68. The van der Waals surface area contributed by atoms with Crippen LogP contribution in [0.2, 0.25) is 0 Å². The predicted octanol–water partition coefficient (Wildman–Crippen LogP) is 5.89. The molecule has 1 saturated carbocycles. The number of allylic oxidation sites excluding steroid dienone is 1. The molecular weight excluding hydrogens is 261 g/mol. The van der Waals surface area contributed by atoms with E-state index in [4.69, 9.17) is 0 Å². The minimum atomic E-state index is -0.775. The Hall–Kier alpha value is -1.25. The van der Waals surface area contributed by atoms with E-state index < -0.39 is 11.6 Å². The lowest BCUT2D eigenvalue weighted by Gasteiger charge is -2.28. The molecule has 0 unspecified atom stereocenters. The molecule has 0 spiro atoms. The van der Waals surface area contributed by atoms with Crippen LogP contribution in [0.5, 0.6) is 0 Å². The van der Waals surface area contributed by atoms with Gasteiger partial charge in [-0.3, -0.25) is 0 Å². The minimum absolute atomic E-state index is 0.354. The molecule has 0 aliphatic heterocycles. The first-order chi connectivity index (χ1) is 9.70. The molecule has 0 nitrogen and oxygen atoms in total. The van der Waals surface area contributed by atoms with Crippen LogP contribution in [-0.4, -0.2) is 0 Å². The van der Waals surface area contributed by atoms with Crippen LogP contribution in [0.15, 0.2) is 30.6 Å². The maximum atomic E-state index is 13.2. The summed E-state index contributed by atoms with van der Waals surface area (Å²) in [5.74, 6) is -0.470. The fourth-order valence-electron chi connectivity index (χ4n) is 3.14. The van der Waals surface area contributed by atoms with Gasteiger partial charge >= 0.3 is 0 Å². The zero-order chi connectivity index (χ0) is 14.4. The van der Waals surface area contributed by atoms with Gasteiger partial charge in [-0.25, -0.2) is 13.2 Å². The van der Waals surface area contributed by atoms with E-state index in [0.717, 1.165) is 50.5 Å². The lowest BCUT2D eigenvalue weighted by atomic mass is 9.77. The summed E-state index contributed by atoms with van der Waals surface area (Å²) in [6, 6.07) is 4.27. The van der Waals surface area contributed by atoms with Crippen LogP contribution in [0.1, 0.15) is 56.4 Å². The summed E-state index contributed by atoms with van der Waals surface area (Å²) in [4.78, 5) is 0. The van der Waals surface area contributed by atoms with Gasteiger partial charge in [-0.05, 0) is 68.1 Å². The molecule has 1 aliphatic carbocycles. The number of benzene rings is 1. The molecule has 0 heterocycles. The second kappa shape index (κ2) is 7.51. The van der Waals surface area contributed by atoms with Crippen molar-refractivity contribution in [2.24, 2.45) is 5.92 Å². The summed E-state index contributed by atoms with van der Waals surface area (Å²) in [6.07, 6.45) is 9.47. The Kier molecular flexibility index (Phi) is 5.69. The molecule has 0 N–H and O–H groups in total. The highest BCUT2D eigenvalue weighted by Crippen LogP contribution is 2.37. The fraction of sp³-hybridized carbons (Fsp3) is 0.529. The number of hydrogen-bond donors (Lipinski definition) is 0. The monoisotopic (exact) mass is 282 g/mol. The van der Waals surface area contributed by atoms with E-state index in [-0.39, 0.29) is 0 Å². The molecule has 0 aromatic heterocycles. The van der Waals surface area contributed by atoms with Crippen LogP contribution >= 0.6 is 0 Å². The molecule has 0 atom stereocenters. The number of halogens is 3. The number of unbranched alkanes of at least 4 members (excludes halogenated alkanes) is 1. The predicted molar refractivity (Wildman–Crippen MR) is 75.2 cm³/mol. The molecule has 1 aromatic rings. The Morgan fingerprint density at radius 2 is 1.80 bits per heavy atom. The van der Waals surface area contributed by atoms with E-state index in [9.17, 15) is 13.2 Å². The van der Waals surface area contributed by atoms with E-state index in [0.29, 0.717) is 18.2 Å². The average molecular weight is 282 g/mol. The molecule has 1 fully saturated rings. The third-order valence-corrected chi connectivity index (χ3v) is 4.33. The normalized spacial score (nSPS) is 23.4. The van der Waals surface area contributed by atoms with E-state index >= 15 is 0 Å². The highest BCUT2D eigenvalue weighted by atomic mass is 19.2. The first kappa shape index (κ1) is 15.1. The molecule has 0 saturated heterocycles. The van der Waals surface area contributed by atoms with Gasteiger partial charge in [0.1, 0.15) is 0 Å². The van der Waals surface area contributed by atoms with Gasteiger partial charge < -0.3 is 0 Å². The van der Waals surface area contributed by atoms with Gasteiger partial charge in [-0.1, -0.05) is 18.6 Å². The van der Waals surface area contributed by atoms with Crippen molar-refractivity contribution in [1.82, 2.24) is 0 Å². The van der Waals surface area contributed by atoms with Crippen LogP contribution in [0.4, 0.5) is 13.2 Å². The van der Waals surface area contributed by atoms with Gasteiger partial charge in [0.2, 0.25) is 0 Å². The number of hydrogen-bond acceptors (Lipinski definition) is 0.